The molecule has 0 aliphatic rings. The molecule has 0 saturated carbocycles. The molecule has 25 heavy (non-hydrogen) atoms. The normalized spacial score (nSPS) is 11.6. The quantitative estimate of drug-likeness (QED) is 0.365. The topological polar surface area (TPSA) is 26.5 Å². The van der Waals surface area contributed by atoms with Gasteiger partial charge in [0.15, 0.2) is 0 Å². The fourth-order valence-electron chi connectivity index (χ4n) is 2.35. The molecule has 0 radical (unpaired) electrons. The van der Waals surface area contributed by atoms with Crippen LogP contribution in [0.4, 0.5) is 0 Å². The summed E-state index contributed by atoms with van der Waals surface area (Å²) < 4.78 is 1.95. The number of hydrogen-bond donors (Lipinski definition) is 0. The van der Waals surface area contributed by atoms with E-state index in [2.05, 4.69) is 5.16 Å². The van der Waals surface area contributed by atoms with Crippen molar-refractivity contribution in [2.45, 2.75) is 13.5 Å². The molecule has 1 heterocycles. The minimum absolute atomic E-state index is 0.202. The largest absolute Gasteiger partial charge is 0.391 e. The van der Waals surface area contributed by atoms with Crippen molar-refractivity contribution in [3.63, 3.8) is 0 Å². The van der Waals surface area contributed by atoms with Crippen LogP contribution in [0.25, 0.3) is 5.69 Å². The van der Waals surface area contributed by atoms with Crippen LogP contribution in [-0.4, -0.2) is 10.3 Å². The fraction of sp³-hybridized carbons (Fsp3) is 0.105. The Labute approximate surface area is 161 Å². The zero-order valence-electron chi connectivity index (χ0n) is 13.4. The summed E-state index contributed by atoms with van der Waals surface area (Å²) in [5.41, 5.74) is 3.24. The first kappa shape index (κ1) is 17.9. The van der Waals surface area contributed by atoms with Gasteiger partial charge in [-0.2, -0.15) is 0 Å². The first-order chi connectivity index (χ1) is 12.1. The van der Waals surface area contributed by atoms with E-state index in [1.54, 1.807) is 18.2 Å². The second-order valence-corrected chi connectivity index (χ2v) is 6.63. The standard InChI is InChI=1S/C19H15Cl3N2O/c1-13(23-25-12-15-16(20)5-4-6-17(15)21)14-7-8-18(22)19(11-14)24-9-2-3-10-24/h2-11H,12H2,1H3/b23-13+. The first-order valence-electron chi connectivity index (χ1n) is 7.59. The molecule has 3 aromatic rings. The van der Waals surface area contributed by atoms with Gasteiger partial charge in [0, 0.05) is 33.6 Å². The second-order valence-electron chi connectivity index (χ2n) is 5.41. The van der Waals surface area contributed by atoms with Crippen molar-refractivity contribution in [1.29, 1.82) is 0 Å². The van der Waals surface area contributed by atoms with Crippen molar-refractivity contribution < 1.29 is 4.84 Å². The molecule has 2 aromatic carbocycles. The Morgan fingerprint density at radius 1 is 0.960 bits per heavy atom. The van der Waals surface area contributed by atoms with Gasteiger partial charge in [0.25, 0.3) is 0 Å². The van der Waals surface area contributed by atoms with Gasteiger partial charge in [-0.15, -0.1) is 0 Å². The highest BCUT2D eigenvalue weighted by Gasteiger charge is 2.08. The highest BCUT2D eigenvalue weighted by Crippen LogP contribution is 2.25. The molecule has 0 spiro atoms. The van der Waals surface area contributed by atoms with Crippen LogP contribution in [0.3, 0.4) is 0 Å². The van der Waals surface area contributed by atoms with Gasteiger partial charge in [0.1, 0.15) is 6.61 Å². The maximum atomic E-state index is 6.29. The van der Waals surface area contributed by atoms with E-state index in [4.69, 9.17) is 39.6 Å². The molecular weight excluding hydrogens is 379 g/mol. The third-order valence-electron chi connectivity index (χ3n) is 3.72. The number of aromatic nitrogens is 1. The van der Waals surface area contributed by atoms with Gasteiger partial charge < -0.3 is 9.40 Å². The van der Waals surface area contributed by atoms with Crippen molar-refractivity contribution in [3.05, 3.63) is 87.1 Å². The SMILES string of the molecule is C/C(=N\OCc1c(Cl)cccc1Cl)c1ccc(Cl)c(-n2cccc2)c1. The molecule has 3 nitrogen and oxygen atoms in total. The molecule has 6 heteroatoms. The maximum absolute atomic E-state index is 6.29. The Morgan fingerprint density at radius 2 is 1.64 bits per heavy atom. The zero-order chi connectivity index (χ0) is 17.8. The van der Waals surface area contributed by atoms with E-state index in [1.807, 2.05) is 54.2 Å². The highest BCUT2D eigenvalue weighted by atomic mass is 35.5. The third-order valence-corrected chi connectivity index (χ3v) is 4.75. The van der Waals surface area contributed by atoms with E-state index in [9.17, 15) is 0 Å². The molecule has 0 fully saturated rings. The molecule has 0 aliphatic carbocycles. The summed E-state index contributed by atoms with van der Waals surface area (Å²) in [6.45, 7) is 2.07. The predicted molar refractivity (Wildman–Crippen MR) is 104 cm³/mol. The summed E-state index contributed by atoms with van der Waals surface area (Å²) in [5.74, 6) is 0. The molecule has 0 N–H and O–H groups in total. The Bertz CT molecular complexity index is 885. The van der Waals surface area contributed by atoms with E-state index in [0.717, 1.165) is 17.0 Å². The molecule has 3 rings (SSSR count). The molecule has 0 bridgehead atoms. The number of oxime groups is 1. The number of hydrogen-bond acceptors (Lipinski definition) is 2. The lowest BCUT2D eigenvalue weighted by Crippen LogP contribution is -2.00. The van der Waals surface area contributed by atoms with Gasteiger partial charge >= 0.3 is 0 Å². The van der Waals surface area contributed by atoms with Gasteiger partial charge in [0.05, 0.1) is 16.4 Å². The summed E-state index contributed by atoms with van der Waals surface area (Å²) in [7, 11) is 0. The van der Waals surface area contributed by atoms with Crippen LogP contribution in [0.15, 0.2) is 66.1 Å². The summed E-state index contributed by atoms with van der Waals surface area (Å²) in [6, 6.07) is 14.9. The molecular formula is C19H15Cl3N2O. The van der Waals surface area contributed by atoms with Crippen molar-refractivity contribution >= 4 is 40.5 Å². The van der Waals surface area contributed by atoms with Gasteiger partial charge in [-0.1, -0.05) is 52.1 Å². The number of halogens is 3. The van der Waals surface area contributed by atoms with E-state index in [-0.39, 0.29) is 6.61 Å². The summed E-state index contributed by atoms with van der Waals surface area (Å²) in [6.07, 6.45) is 3.88. The highest BCUT2D eigenvalue weighted by molar-refractivity contribution is 6.36. The van der Waals surface area contributed by atoms with Crippen molar-refractivity contribution in [1.82, 2.24) is 4.57 Å². The predicted octanol–water partition coefficient (Wildman–Crippen LogP) is 6.38. The fourth-order valence-corrected chi connectivity index (χ4v) is 3.07. The second kappa shape index (κ2) is 7.96. The van der Waals surface area contributed by atoms with Crippen LogP contribution in [0.2, 0.25) is 15.1 Å². The Kier molecular flexibility index (Phi) is 5.69. The summed E-state index contributed by atoms with van der Waals surface area (Å²) in [5, 5.41) is 5.95. The molecule has 0 aliphatic heterocycles. The van der Waals surface area contributed by atoms with Crippen molar-refractivity contribution in [2.24, 2.45) is 5.16 Å². The molecule has 0 saturated heterocycles. The number of rotatable bonds is 5. The number of benzene rings is 2. The Morgan fingerprint density at radius 3 is 2.32 bits per heavy atom. The van der Waals surface area contributed by atoms with E-state index in [1.165, 1.54) is 0 Å². The molecule has 1 aromatic heterocycles. The maximum Gasteiger partial charge on any atom is 0.145 e. The van der Waals surface area contributed by atoms with Crippen LogP contribution in [0.1, 0.15) is 18.1 Å². The Balaban J connectivity index is 1.78. The lowest BCUT2D eigenvalue weighted by molar-refractivity contribution is 0.130. The van der Waals surface area contributed by atoms with Gasteiger partial charge in [0.2, 0.25) is 0 Å². The summed E-state index contributed by atoms with van der Waals surface area (Å²) >= 11 is 18.5. The number of nitrogens with zero attached hydrogens (tertiary/aromatic N) is 2. The van der Waals surface area contributed by atoms with Gasteiger partial charge in [-0.25, -0.2) is 0 Å². The van der Waals surface area contributed by atoms with Crippen LogP contribution in [0.5, 0.6) is 0 Å². The average molecular weight is 394 g/mol. The zero-order valence-corrected chi connectivity index (χ0v) is 15.7. The minimum Gasteiger partial charge on any atom is -0.391 e. The monoisotopic (exact) mass is 392 g/mol. The van der Waals surface area contributed by atoms with E-state index >= 15 is 0 Å². The lowest BCUT2D eigenvalue weighted by Gasteiger charge is -2.09. The molecule has 128 valence electrons. The van der Waals surface area contributed by atoms with Crippen LogP contribution >= 0.6 is 34.8 Å². The van der Waals surface area contributed by atoms with Gasteiger partial charge in [-0.3, -0.25) is 0 Å². The molecule has 0 amide bonds. The molecule has 0 unspecified atom stereocenters. The lowest BCUT2D eigenvalue weighted by atomic mass is 10.1. The minimum atomic E-state index is 0.202. The summed E-state index contributed by atoms with van der Waals surface area (Å²) in [4.78, 5) is 5.44. The average Bonchev–Trinajstić information content (AvgIpc) is 3.12. The first-order valence-corrected chi connectivity index (χ1v) is 8.72. The van der Waals surface area contributed by atoms with Crippen LogP contribution in [0, 0.1) is 0 Å². The van der Waals surface area contributed by atoms with Crippen molar-refractivity contribution in [2.75, 3.05) is 0 Å². The van der Waals surface area contributed by atoms with E-state index < -0.39 is 0 Å². The third kappa shape index (κ3) is 4.18. The van der Waals surface area contributed by atoms with Gasteiger partial charge in [-0.05, 0) is 43.3 Å². The molecule has 0 atom stereocenters. The van der Waals surface area contributed by atoms with E-state index in [0.29, 0.717) is 20.6 Å². The Hall–Kier alpha value is -1.94. The smallest absolute Gasteiger partial charge is 0.145 e. The van der Waals surface area contributed by atoms with Crippen molar-refractivity contribution in [3.8, 4) is 5.69 Å². The van der Waals surface area contributed by atoms with Crippen LogP contribution in [-0.2, 0) is 11.4 Å². The van der Waals surface area contributed by atoms with Crippen LogP contribution < -0.4 is 0 Å².